The number of nitrogens with two attached hydrogens (primary N) is 1. The van der Waals surface area contributed by atoms with Crippen LogP contribution in [0.4, 0.5) is 13.2 Å². The van der Waals surface area contributed by atoms with E-state index in [0.717, 1.165) is 4.90 Å². The van der Waals surface area contributed by atoms with Gasteiger partial charge in [-0.2, -0.15) is 13.2 Å². The average Bonchev–Trinajstić information content (AvgIpc) is 2.63. The number of carbonyl (C=O) groups is 2. The number of nitrogens with zero attached hydrogens (tertiary/aromatic N) is 1. The smallest absolute Gasteiger partial charge is 0.368 e. The second kappa shape index (κ2) is 5.35. The number of rotatable bonds is 4. The van der Waals surface area contributed by atoms with Crippen LogP contribution in [-0.4, -0.2) is 48.6 Å². The number of alkyl halides is 3. The topological polar surface area (TPSA) is 75.4 Å². The summed E-state index contributed by atoms with van der Waals surface area (Å²) in [6.07, 6.45) is -5.60. The van der Waals surface area contributed by atoms with Crippen molar-refractivity contribution in [2.24, 2.45) is 5.73 Å². The Hall–Kier alpha value is -1.31. The molecule has 98 valence electrons. The van der Waals surface area contributed by atoms with E-state index in [1.807, 2.05) is 0 Å². The van der Waals surface area contributed by atoms with Gasteiger partial charge in [0.25, 0.3) is 0 Å². The van der Waals surface area contributed by atoms with Crippen molar-refractivity contribution in [1.29, 1.82) is 0 Å². The van der Waals surface area contributed by atoms with Crippen molar-refractivity contribution in [2.45, 2.75) is 25.1 Å². The summed E-state index contributed by atoms with van der Waals surface area (Å²) >= 11 is 0. The highest BCUT2D eigenvalue weighted by Gasteiger charge is 2.36. The van der Waals surface area contributed by atoms with Crippen LogP contribution in [0, 0.1) is 0 Å². The Morgan fingerprint density at radius 3 is 2.47 bits per heavy atom. The van der Waals surface area contributed by atoms with Crippen molar-refractivity contribution >= 4 is 11.8 Å². The van der Waals surface area contributed by atoms with Gasteiger partial charge in [-0.1, -0.05) is 0 Å². The van der Waals surface area contributed by atoms with Crippen molar-refractivity contribution in [2.75, 3.05) is 19.6 Å². The van der Waals surface area contributed by atoms with E-state index in [-0.39, 0.29) is 0 Å². The quantitative estimate of drug-likeness (QED) is 0.716. The summed E-state index contributed by atoms with van der Waals surface area (Å²) in [5.74, 6) is -1.92. The molecule has 1 aliphatic rings. The highest BCUT2D eigenvalue weighted by molar-refractivity contribution is 5.84. The molecule has 5 nitrogen and oxygen atoms in total. The van der Waals surface area contributed by atoms with Crippen LogP contribution in [0.3, 0.4) is 0 Å². The lowest BCUT2D eigenvalue weighted by molar-refractivity contribution is -0.163. The summed E-state index contributed by atoms with van der Waals surface area (Å²) < 4.78 is 36.3. The molecule has 1 rings (SSSR count). The predicted octanol–water partition coefficient (Wildman–Crippen LogP) is -0.385. The molecule has 1 fully saturated rings. The van der Waals surface area contributed by atoms with Crippen LogP contribution in [0.1, 0.15) is 12.8 Å². The normalized spacial score (nSPS) is 20.3. The van der Waals surface area contributed by atoms with E-state index < -0.39 is 37.0 Å². The van der Waals surface area contributed by atoms with Crippen LogP contribution in [0.5, 0.6) is 0 Å². The molecule has 1 aliphatic heterocycles. The molecular weight excluding hydrogens is 239 g/mol. The fourth-order valence-electron chi connectivity index (χ4n) is 1.77. The lowest BCUT2D eigenvalue weighted by Crippen LogP contribution is -2.47. The third-order valence-electron chi connectivity index (χ3n) is 2.47. The SMILES string of the molecule is NC(=O)CN(C(=O)CC(F)(F)F)C1CCNC1. The Morgan fingerprint density at radius 2 is 2.06 bits per heavy atom. The van der Waals surface area contributed by atoms with E-state index in [2.05, 4.69) is 5.32 Å². The maximum Gasteiger partial charge on any atom is 0.397 e. The lowest BCUT2D eigenvalue weighted by Gasteiger charge is -2.27. The summed E-state index contributed by atoms with van der Waals surface area (Å²) in [6, 6.07) is -0.391. The molecule has 1 saturated heterocycles. The summed E-state index contributed by atoms with van der Waals surface area (Å²) in [4.78, 5) is 23.1. The van der Waals surface area contributed by atoms with Gasteiger partial charge < -0.3 is 16.0 Å². The highest BCUT2D eigenvalue weighted by atomic mass is 19.4. The first-order valence-corrected chi connectivity index (χ1v) is 5.15. The zero-order valence-electron chi connectivity index (χ0n) is 9.09. The Bertz CT molecular complexity index is 300. The number of hydrogen-bond donors (Lipinski definition) is 2. The van der Waals surface area contributed by atoms with Crippen molar-refractivity contribution in [3.8, 4) is 0 Å². The van der Waals surface area contributed by atoms with E-state index >= 15 is 0 Å². The molecular formula is C9H14F3N3O2. The van der Waals surface area contributed by atoms with Crippen LogP contribution in [0.25, 0.3) is 0 Å². The molecule has 0 aromatic carbocycles. The van der Waals surface area contributed by atoms with Gasteiger partial charge in [-0.25, -0.2) is 0 Å². The fourth-order valence-corrected chi connectivity index (χ4v) is 1.77. The molecule has 17 heavy (non-hydrogen) atoms. The fraction of sp³-hybridized carbons (Fsp3) is 0.778. The highest BCUT2D eigenvalue weighted by Crippen LogP contribution is 2.22. The van der Waals surface area contributed by atoms with Crippen molar-refractivity contribution in [1.82, 2.24) is 10.2 Å². The first kappa shape index (κ1) is 13.8. The van der Waals surface area contributed by atoms with Gasteiger partial charge in [0.2, 0.25) is 11.8 Å². The molecule has 0 bridgehead atoms. The number of halogens is 3. The predicted molar refractivity (Wildman–Crippen MR) is 52.9 cm³/mol. The summed E-state index contributed by atoms with van der Waals surface area (Å²) in [6.45, 7) is 0.525. The van der Waals surface area contributed by atoms with E-state index in [4.69, 9.17) is 5.73 Å². The molecule has 8 heteroatoms. The summed E-state index contributed by atoms with van der Waals surface area (Å²) in [5.41, 5.74) is 4.93. The van der Waals surface area contributed by atoms with Gasteiger partial charge in [0.15, 0.2) is 0 Å². The second-order valence-electron chi connectivity index (χ2n) is 3.93. The minimum absolute atomic E-state index is 0.386. The van der Waals surface area contributed by atoms with Crippen molar-refractivity contribution in [3.63, 3.8) is 0 Å². The molecule has 0 aliphatic carbocycles. The Labute approximate surface area is 96.1 Å². The average molecular weight is 253 g/mol. The molecule has 3 N–H and O–H groups in total. The minimum atomic E-state index is -4.57. The zero-order chi connectivity index (χ0) is 13.1. The molecule has 0 aromatic heterocycles. The molecule has 0 aromatic rings. The van der Waals surface area contributed by atoms with Gasteiger partial charge in [0.1, 0.15) is 6.42 Å². The minimum Gasteiger partial charge on any atom is -0.368 e. The van der Waals surface area contributed by atoms with Crippen molar-refractivity contribution < 1.29 is 22.8 Å². The van der Waals surface area contributed by atoms with Crippen LogP contribution in [-0.2, 0) is 9.59 Å². The molecule has 1 atom stereocenters. The van der Waals surface area contributed by atoms with E-state index in [9.17, 15) is 22.8 Å². The van der Waals surface area contributed by atoms with E-state index in [1.165, 1.54) is 0 Å². The molecule has 0 spiro atoms. The largest absolute Gasteiger partial charge is 0.397 e. The van der Waals surface area contributed by atoms with Gasteiger partial charge in [-0.15, -0.1) is 0 Å². The monoisotopic (exact) mass is 253 g/mol. The van der Waals surface area contributed by atoms with Gasteiger partial charge in [-0.05, 0) is 13.0 Å². The maximum atomic E-state index is 12.1. The molecule has 2 amide bonds. The van der Waals surface area contributed by atoms with Crippen LogP contribution < -0.4 is 11.1 Å². The first-order valence-electron chi connectivity index (χ1n) is 5.15. The number of primary amides is 1. The number of hydrogen-bond acceptors (Lipinski definition) is 3. The Kier molecular flexibility index (Phi) is 4.33. The molecule has 1 unspecified atom stereocenters. The van der Waals surface area contributed by atoms with Crippen LogP contribution in [0.2, 0.25) is 0 Å². The maximum absolute atomic E-state index is 12.1. The summed E-state index contributed by atoms with van der Waals surface area (Å²) in [7, 11) is 0. The molecule has 0 radical (unpaired) electrons. The zero-order valence-corrected chi connectivity index (χ0v) is 9.09. The number of nitrogens with one attached hydrogen (secondary N) is 1. The molecule has 0 saturated carbocycles. The lowest BCUT2D eigenvalue weighted by atomic mass is 10.2. The first-order chi connectivity index (χ1) is 7.79. The Morgan fingerprint density at radius 1 is 1.41 bits per heavy atom. The molecule has 1 heterocycles. The third-order valence-corrected chi connectivity index (χ3v) is 2.47. The number of carbonyl (C=O) groups excluding carboxylic acids is 2. The Balaban J connectivity index is 2.67. The van der Waals surface area contributed by atoms with Crippen LogP contribution >= 0.6 is 0 Å². The summed E-state index contributed by atoms with van der Waals surface area (Å²) in [5, 5.41) is 2.92. The number of amides is 2. The van der Waals surface area contributed by atoms with Gasteiger partial charge in [0, 0.05) is 12.6 Å². The van der Waals surface area contributed by atoms with E-state index in [1.54, 1.807) is 0 Å². The third kappa shape index (κ3) is 4.59. The standard InChI is InChI=1S/C9H14F3N3O2/c10-9(11,12)3-8(17)15(5-7(13)16)6-1-2-14-4-6/h6,14H,1-5H2,(H2,13,16). The second-order valence-corrected chi connectivity index (χ2v) is 3.93. The van der Waals surface area contributed by atoms with Crippen molar-refractivity contribution in [3.05, 3.63) is 0 Å². The van der Waals surface area contributed by atoms with Gasteiger partial charge >= 0.3 is 6.18 Å². The van der Waals surface area contributed by atoms with Gasteiger partial charge in [-0.3, -0.25) is 9.59 Å². The van der Waals surface area contributed by atoms with Crippen LogP contribution in [0.15, 0.2) is 0 Å². The van der Waals surface area contributed by atoms with Gasteiger partial charge in [0.05, 0.1) is 6.54 Å². The van der Waals surface area contributed by atoms with E-state index in [0.29, 0.717) is 19.5 Å².